The van der Waals surface area contributed by atoms with Gasteiger partial charge in [-0.3, -0.25) is 0 Å². The Bertz CT molecular complexity index is 488. The van der Waals surface area contributed by atoms with E-state index in [0.717, 1.165) is 6.61 Å². The third kappa shape index (κ3) is 4.21. The van der Waals surface area contributed by atoms with Crippen molar-refractivity contribution in [1.29, 1.82) is 0 Å². The number of hydrogen-bond donors (Lipinski definition) is 0. The second kappa shape index (κ2) is 8.04. The van der Waals surface area contributed by atoms with E-state index in [-0.39, 0.29) is 0 Å². The zero-order valence-electron chi connectivity index (χ0n) is 13.5. The van der Waals surface area contributed by atoms with Crippen molar-refractivity contribution in [3.63, 3.8) is 0 Å². The molecule has 0 fully saturated rings. The third-order valence-electron chi connectivity index (χ3n) is 4.03. The van der Waals surface area contributed by atoms with Crippen LogP contribution in [0.5, 0.6) is 0 Å². The highest BCUT2D eigenvalue weighted by Crippen LogP contribution is 2.37. The molecule has 0 amide bonds. The molecule has 1 aromatic carbocycles. The first kappa shape index (κ1) is 15.8. The predicted molar refractivity (Wildman–Crippen MR) is 90.0 cm³/mol. The summed E-state index contributed by atoms with van der Waals surface area (Å²) in [6.07, 6.45) is 8.34. The van der Waals surface area contributed by atoms with Gasteiger partial charge in [0.25, 0.3) is 0 Å². The predicted octanol–water partition coefficient (Wildman–Crippen LogP) is 4.35. The van der Waals surface area contributed by atoms with Gasteiger partial charge in [-0.25, -0.2) is 0 Å². The number of nitrogens with zero attached hydrogens (tertiary/aromatic N) is 1. The van der Waals surface area contributed by atoms with Gasteiger partial charge < -0.3 is 9.64 Å². The summed E-state index contributed by atoms with van der Waals surface area (Å²) in [7, 11) is 4.30. The van der Waals surface area contributed by atoms with E-state index >= 15 is 0 Å². The van der Waals surface area contributed by atoms with Crippen LogP contribution in [0.15, 0.2) is 48.2 Å². The molecule has 1 aliphatic rings. The van der Waals surface area contributed by atoms with Gasteiger partial charge in [-0.1, -0.05) is 42.5 Å². The van der Waals surface area contributed by atoms with Crippen LogP contribution in [0.3, 0.4) is 0 Å². The van der Waals surface area contributed by atoms with E-state index in [2.05, 4.69) is 61.5 Å². The summed E-state index contributed by atoms with van der Waals surface area (Å²) in [4.78, 5) is 2.27. The lowest BCUT2D eigenvalue weighted by Crippen LogP contribution is -2.23. The molecule has 21 heavy (non-hydrogen) atoms. The molecule has 0 spiro atoms. The Labute approximate surface area is 129 Å². The van der Waals surface area contributed by atoms with Gasteiger partial charge in [-0.2, -0.15) is 0 Å². The minimum Gasteiger partial charge on any atom is -0.381 e. The Morgan fingerprint density at radius 2 is 2.05 bits per heavy atom. The first-order chi connectivity index (χ1) is 10.2. The lowest BCUT2D eigenvalue weighted by atomic mass is 9.82. The SMILES string of the molecule is CCOC/C=C(/c1ccccc1)C1CCCC=C1N(C)C. The van der Waals surface area contributed by atoms with E-state index < -0.39 is 0 Å². The molecule has 0 saturated carbocycles. The molecule has 1 aromatic rings. The highest BCUT2D eigenvalue weighted by atomic mass is 16.5. The van der Waals surface area contributed by atoms with Crippen LogP contribution >= 0.6 is 0 Å². The van der Waals surface area contributed by atoms with Crippen molar-refractivity contribution in [3.05, 3.63) is 53.7 Å². The quantitative estimate of drug-likeness (QED) is 0.720. The Morgan fingerprint density at radius 1 is 1.29 bits per heavy atom. The monoisotopic (exact) mass is 285 g/mol. The average Bonchev–Trinajstić information content (AvgIpc) is 2.52. The summed E-state index contributed by atoms with van der Waals surface area (Å²) in [5.74, 6) is 0.483. The molecule has 0 saturated heterocycles. The summed E-state index contributed by atoms with van der Waals surface area (Å²) < 4.78 is 5.56. The highest BCUT2D eigenvalue weighted by Gasteiger charge is 2.23. The Kier molecular flexibility index (Phi) is 6.06. The van der Waals surface area contributed by atoms with Crippen molar-refractivity contribution >= 4 is 5.57 Å². The van der Waals surface area contributed by atoms with Crippen molar-refractivity contribution < 1.29 is 4.74 Å². The number of benzene rings is 1. The Balaban J connectivity index is 2.32. The van der Waals surface area contributed by atoms with Crippen LogP contribution in [0.25, 0.3) is 5.57 Å². The van der Waals surface area contributed by atoms with Crippen LogP contribution in [0, 0.1) is 5.92 Å². The summed E-state index contributed by atoms with van der Waals surface area (Å²) in [5, 5.41) is 0. The average molecular weight is 285 g/mol. The van der Waals surface area contributed by atoms with Crippen LogP contribution in [-0.4, -0.2) is 32.2 Å². The minimum absolute atomic E-state index is 0.483. The van der Waals surface area contributed by atoms with Gasteiger partial charge in [-0.05, 0) is 37.3 Å². The van der Waals surface area contributed by atoms with Gasteiger partial charge >= 0.3 is 0 Å². The molecule has 0 radical (unpaired) electrons. The lowest BCUT2D eigenvalue weighted by Gasteiger charge is -2.32. The second-order valence-electron chi connectivity index (χ2n) is 5.69. The van der Waals surface area contributed by atoms with Gasteiger partial charge in [0.2, 0.25) is 0 Å². The van der Waals surface area contributed by atoms with Gasteiger partial charge in [0.15, 0.2) is 0 Å². The fourth-order valence-corrected chi connectivity index (χ4v) is 3.03. The maximum atomic E-state index is 5.56. The number of allylic oxidation sites excluding steroid dienone is 2. The summed E-state index contributed by atoms with van der Waals surface area (Å²) in [5.41, 5.74) is 4.16. The summed E-state index contributed by atoms with van der Waals surface area (Å²) in [6.45, 7) is 3.50. The van der Waals surface area contributed by atoms with Crippen LogP contribution in [0.1, 0.15) is 31.7 Å². The highest BCUT2D eigenvalue weighted by molar-refractivity contribution is 5.70. The van der Waals surface area contributed by atoms with Crippen molar-refractivity contribution in [1.82, 2.24) is 4.90 Å². The third-order valence-corrected chi connectivity index (χ3v) is 4.03. The van der Waals surface area contributed by atoms with Gasteiger partial charge in [0, 0.05) is 32.3 Å². The molecule has 114 valence electrons. The van der Waals surface area contributed by atoms with Crippen molar-refractivity contribution in [2.24, 2.45) is 5.92 Å². The molecule has 2 rings (SSSR count). The number of ether oxygens (including phenoxy) is 1. The van der Waals surface area contributed by atoms with Crippen LogP contribution in [0.4, 0.5) is 0 Å². The summed E-state index contributed by atoms with van der Waals surface area (Å²) in [6, 6.07) is 10.7. The molecule has 2 nitrogen and oxygen atoms in total. The molecule has 2 heteroatoms. The molecule has 1 unspecified atom stereocenters. The van der Waals surface area contributed by atoms with Crippen LogP contribution < -0.4 is 0 Å². The fraction of sp³-hybridized carbons (Fsp3) is 0.474. The van der Waals surface area contributed by atoms with Crippen LogP contribution in [-0.2, 0) is 4.74 Å². The Hall–Kier alpha value is -1.54. The lowest BCUT2D eigenvalue weighted by molar-refractivity contribution is 0.177. The molecule has 0 aliphatic heterocycles. The molecule has 0 aromatic heterocycles. The molecular weight excluding hydrogens is 258 g/mol. The maximum Gasteiger partial charge on any atom is 0.0653 e. The molecular formula is C19H27NO. The Morgan fingerprint density at radius 3 is 2.71 bits per heavy atom. The van der Waals surface area contributed by atoms with E-state index in [1.165, 1.54) is 36.1 Å². The van der Waals surface area contributed by atoms with Crippen molar-refractivity contribution in [3.8, 4) is 0 Å². The van der Waals surface area contributed by atoms with E-state index in [0.29, 0.717) is 12.5 Å². The number of rotatable bonds is 6. The van der Waals surface area contributed by atoms with E-state index in [4.69, 9.17) is 4.74 Å². The first-order valence-electron chi connectivity index (χ1n) is 7.94. The molecule has 1 aliphatic carbocycles. The molecule has 0 heterocycles. The summed E-state index contributed by atoms with van der Waals surface area (Å²) >= 11 is 0. The van der Waals surface area contributed by atoms with E-state index in [1.54, 1.807) is 0 Å². The van der Waals surface area contributed by atoms with Gasteiger partial charge in [-0.15, -0.1) is 0 Å². The largest absolute Gasteiger partial charge is 0.381 e. The number of hydrogen-bond acceptors (Lipinski definition) is 2. The maximum absolute atomic E-state index is 5.56. The van der Waals surface area contributed by atoms with Crippen LogP contribution in [0.2, 0.25) is 0 Å². The second-order valence-corrected chi connectivity index (χ2v) is 5.69. The van der Waals surface area contributed by atoms with E-state index in [9.17, 15) is 0 Å². The zero-order valence-corrected chi connectivity index (χ0v) is 13.5. The molecule has 0 bridgehead atoms. The molecule has 1 atom stereocenters. The smallest absolute Gasteiger partial charge is 0.0653 e. The van der Waals surface area contributed by atoms with Gasteiger partial charge in [0.1, 0.15) is 0 Å². The minimum atomic E-state index is 0.483. The molecule has 0 N–H and O–H groups in total. The van der Waals surface area contributed by atoms with E-state index in [1.807, 2.05) is 6.92 Å². The standard InChI is InChI=1S/C19H27NO/c1-4-21-15-14-17(16-10-6-5-7-11-16)18-12-8-9-13-19(18)20(2)3/h5-7,10-11,13-14,18H,4,8-9,12,15H2,1-3H3/b17-14-. The van der Waals surface area contributed by atoms with Crippen molar-refractivity contribution in [2.75, 3.05) is 27.3 Å². The zero-order chi connectivity index (χ0) is 15.1. The topological polar surface area (TPSA) is 12.5 Å². The van der Waals surface area contributed by atoms with Crippen molar-refractivity contribution in [2.45, 2.75) is 26.2 Å². The normalized spacial score (nSPS) is 19.3. The first-order valence-corrected chi connectivity index (χ1v) is 7.94. The van der Waals surface area contributed by atoms with Gasteiger partial charge in [0.05, 0.1) is 6.61 Å². The fourth-order valence-electron chi connectivity index (χ4n) is 3.03.